The van der Waals surface area contributed by atoms with Crippen LogP contribution in [0.4, 0.5) is 4.79 Å². The molecule has 1 unspecified atom stereocenters. The zero-order valence-electron chi connectivity index (χ0n) is 9.95. The molecule has 0 aliphatic carbocycles. The number of carbonyl (C=O) groups is 2. The van der Waals surface area contributed by atoms with E-state index in [0.717, 1.165) is 0 Å². The number of urea groups is 1. The van der Waals surface area contributed by atoms with Crippen molar-refractivity contribution >= 4 is 12.0 Å². The number of carboxylic acid groups (broad SMARTS) is 1. The lowest BCUT2D eigenvalue weighted by Gasteiger charge is -2.15. The first-order valence-corrected chi connectivity index (χ1v) is 5.40. The summed E-state index contributed by atoms with van der Waals surface area (Å²) in [5.41, 5.74) is 0. The lowest BCUT2D eigenvalue weighted by atomic mass is 10.2. The van der Waals surface area contributed by atoms with Crippen molar-refractivity contribution in [2.75, 3.05) is 13.2 Å². The Morgan fingerprint density at radius 1 is 1.38 bits per heavy atom. The highest BCUT2D eigenvalue weighted by Crippen LogP contribution is 1.91. The Balaban J connectivity index is 3.85. The Morgan fingerprint density at radius 3 is 2.44 bits per heavy atom. The molecule has 0 aromatic carbocycles. The smallest absolute Gasteiger partial charge is 0.326 e. The van der Waals surface area contributed by atoms with E-state index in [1.165, 1.54) is 0 Å². The van der Waals surface area contributed by atoms with Gasteiger partial charge in [-0.15, -0.1) is 0 Å². The molecule has 0 fully saturated rings. The van der Waals surface area contributed by atoms with Gasteiger partial charge in [-0.1, -0.05) is 6.92 Å². The number of ether oxygens (including phenoxy) is 1. The van der Waals surface area contributed by atoms with Gasteiger partial charge >= 0.3 is 12.0 Å². The van der Waals surface area contributed by atoms with Gasteiger partial charge in [-0.25, -0.2) is 9.59 Å². The van der Waals surface area contributed by atoms with E-state index < -0.39 is 18.0 Å². The van der Waals surface area contributed by atoms with Crippen LogP contribution < -0.4 is 10.6 Å². The molecular weight excluding hydrogens is 212 g/mol. The third kappa shape index (κ3) is 6.23. The van der Waals surface area contributed by atoms with Gasteiger partial charge in [-0.2, -0.15) is 0 Å². The summed E-state index contributed by atoms with van der Waals surface area (Å²) in [5.74, 6) is -1.03. The molecule has 0 heterocycles. The van der Waals surface area contributed by atoms with Gasteiger partial charge in [0.05, 0.1) is 6.10 Å². The SMILES string of the molecule is CCOC(C)CNC(=O)N[C@H](CC)C(=O)O. The fourth-order valence-corrected chi connectivity index (χ4v) is 1.13. The molecular formula is C10H20N2O4. The van der Waals surface area contributed by atoms with Crippen molar-refractivity contribution < 1.29 is 19.4 Å². The van der Waals surface area contributed by atoms with Gasteiger partial charge in [-0.3, -0.25) is 0 Å². The third-order valence-electron chi connectivity index (χ3n) is 2.01. The van der Waals surface area contributed by atoms with Crippen molar-refractivity contribution in [2.45, 2.75) is 39.3 Å². The van der Waals surface area contributed by atoms with Gasteiger partial charge in [0.25, 0.3) is 0 Å². The molecule has 0 aromatic rings. The maximum atomic E-state index is 11.3. The zero-order chi connectivity index (χ0) is 12.6. The van der Waals surface area contributed by atoms with Crippen LogP contribution in [0.25, 0.3) is 0 Å². The molecule has 94 valence electrons. The number of rotatable bonds is 7. The first-order valence-electron chi connectivity index (χ1n) is 5.40. The normalized spacial score (nSPS) is 13.9. The van der Waals surface area contributed by atoms with Crippen molar-refractivity contribution in [2.24, 2.45) is 0 Å². The van der Waals surface area contributed by atoms with Gasteiger partial charge < -0.3 is 20.5 Å². The second kappa shape index (κ2) is 7.92. The van der Waals surface area contributed by atoms with Crippen molar-refractivity contribution in [3.05, 3.63) is 0 Å². The molecule has 0 aromatic heterocycles. The molecule has 0 saturated carbocycles. The van der Waals surface area contributed by atoms with E-state index in [4.69, 9.17) is 9.84 Å². The number of hydrogen-bond acceptors (Lipinski definition) is 3. The van der Waals surface area contributed by atoms with Crippen LogP contribution in [0.15, 0.2) is 0 Å². The summed E-state index contributed by atoms with van der Waals surface area (Å²) in [6.07, 6.45) is 0.268. The first-order chi connectivity index (χ1) is 7.51. The largest absolute Gasteiger partial charge is 0.480 e. The average Bonchev–Trinajstić information content (AvgIpc) is 2.23. The minimum atomic E-state index is -1.03. The molecule has 0 radical (unpaired) electrons. The molecule has 16 heavy (non-hydrogen) atoms. The average molecular weight is 232 g/mol. The molecule has 0 spiro atoms. The fourth-order valence-electron chi connectivity index (χ4n) is 1.13. The number of amides is 2. The molecule has 0 aliphatic heterocycles. The minimum absolute atomic E-state index is 0.0827. The van der Waals surface area contributed by atoms with Crippen molar-refractivity contribution in [3.63, 3.8) is 0 Å². The summed E-state index contributed by atoms with van der Waals surface area (Å²) in [6, 6.07) is -1.33. The maximum absolute atomic E-state index is 11.3. The topological polar surface area (TPSA) is 87.7 Å². The summed E-state index contributed by atoms with van der Waals surface area (Å²) in [4.78, 5) is 21.9. The van der Waals surface area contributed by atoms with Crippen LogP contribution >= 0.6 is 0 Å². The molecule has 2 amide bonds. The molecule has 0 aliphatic rings. The Kier molecular flexibility index (Phi) is 7.28. The third-order valence-corrected chi connectivity index (χ3v) is 2.01. The summed E-state index contributed by atoms with van der Waals surface area (Å²) in [7, 11) is 0. The fraction of sp³-hybridized carbons (Fsp3) is 0.800. The molecule has 6 heteroatoms. The lowest BCUT2D eigenvalue weighted by molar-refractivity contribution is -0.139. The van der Waals surface area contributed by atoms with E-state index in [2.05, 4.69) is 10.6 Å². The van der Waals surface area contributed by atoms with E-state index in [9.17, 15) is 9.59 Å². The monoisotopic (exact) mass is 232 g/mol. The second-order valence-corrected chi connectivity index (χ2v) is 3.42. The number of carbonyl (C=O) groups excluding carboxylic acids is 1. The van der Waals surface area contributed by atoms with E-state index in [0.29, 0.717) is 19.6 Å². The highest BCUT2D eigenvalue weighted by molar-refractivity contribution is 5.82. The predicted molar refractivity (Wildman–Crippen MR) is 59.3 cm³/mol. The summed E-state index contributed by atoms with van der Waals surface area (Å²) in [5, 5.41) is 13.6. The van der Waals surface area contributed by atoms with E-state index in [-0.39, 0.29) is 6.10 Å². The lowest BCUT2D eigenvalue weighted by Crippen LogP contribution is -2.47. The van der Waals surface area contributed by atoms with E-state index in [1.807, 2.05) is 13.8 Å². The highest BCUT2D eigenvalue weighted by atomic mass is 16.5. The summed E-state index contributed by atoms with van der Waals surface area (Å²) < 4.78 is 5.21. The standard InChI is InChI=1S/C10H20N2O4/c1-4-8(9(13)14)12-10(15)11-6-7(3)16-5-2/h7-8H,4-6H2,1-3H3,(H,13,14)(H2,11,12,15)/t7?,8-/m1/s1. The van der Waals surface area contributed by atoms with Crippen LogP contribution in [-0.2, 0) is 9.53 Å². The Labute approximate surface area is 95.4 Å². The van der Waals surface area contributed by atoms with Crippen LogP contribution in [0.2, 0.25) is 0 Å². The van der Waals surface area contributed by atoms with Crippen LogP contribution in [0.3, 0.4) is 0 Å². The van der Waals surface area contributed by atoms with E-state index in [1.54, 1.807) is 6.92 Å². The molecule has 0 bridgehead atoms. The van der Waals surface area contributed by atoms with Gasteiger partial charge in [0.15, 0.2) is 0 Å². The Bertz CT molecular complexity index is 233. The van der Waals surface area contributed by atoms with Crippen molar-refractivity contribution in [3.8, 4) is 0 Å². The number of aliphatic carboxylic acids is 1. The van der Waals surface area contributed by atoms with E-state index >= 15 is 0 Å². The number of carboxylic acids is 1. The quantitative estimate of drug-likeness (QED) is 0.599. The molecule has 6 nitrogen and oxygen atoms in total. The van der Waals surface area contributed by atoms with Crippen LogP contribution in [0.1, 0.15) is 27.2 Å². The van der Waals surface area contributed by atoms with Crippen molar-refractivity contribution in [1.29, 1.82) is 0 Å². The van der Waals surface area contributed by atoms with Crippen molar-refractivity contribution in [1.82, 2.24) is 10.6 Å². The summed E-state index contributed by atoms with van der Waals surface area (Å²) in [6.45, 7) is 6.33. The summed E-state index contributed by atoms with van der Waals surface area (Å²) >= 11 is 0. The minimum Gasteiger partial charge on any atom is -0.480 e. The maximum Gasteiger partial charge on any atom is 0.326 e. The molecule has 2 atom stereocenters. The van der Waals surface area contributed by atoms with Crippen LogP contribution in [0.5, 0.6) is 0 Å². The Morgan fingerprint density at radius 2 is 2.00 bits per heavy atom. The predicted octanol–water partition coefficient (Wildman–Crippen LogP) is 0.574. The first kappa shape index (κ1) is 14.7. The van der Waals surface area contributed by atoms with Gasteiger partial charge in [0, 0.05) is 13.2 Å². The van der Waals surface area contributed by atoms with Gasteiger partial charge in [0.1, 0.15) is 6.04 Å². The molecule has 3 N–H and O–H groups in total. The number of hydrogen-bond donors (Lipinski definition) is 3. The van der Waals surface area contributed by atoms with Crippen LogP contribution in [0, 0.1) is 0 Å². The number of nitrogens with one attached hydrogen (secondary N) is 2. The van der Waals surface area contributed by atoms with Gasteiger partial charge in [-0.05, 0) is 20.3 Å². The molecule has 0 saturated heterocycles. The highest BCUT2D eigenvalue weighted by Gasteiger charge is 2.17. The molecule has 0 rings (SSSR count). The Hall–Kier alpha value is -1.30. The van der Waals surface area contributed by atoms with Gasteiger partial charge in [0.2, 0.25) is 0 Å². The van der Waals surface area contributed by atoms with Crippen LogP contribution in [-0.4, -0.2) is 42.4 Å². The second-order valence-electron chi connectivity index (χ2n) is 3.42. The zero-order valence-corrected chi connectivity index (χ0v) is 9.95.